The highest BCUT2D eigenvalue weighted by Gasteiger charge is 2.35. The van der Waals surface area contributed by atoms with Crippen molar-refractivity contribution >= 4 is 23.0 Å². The molecule has 4 nitrogen and oxygen atoms in total. The molecule has 0 bridgehead atoms. The van der Waals surface area contributed by atoms with Crippen LogP contribution < -0.4 is 10.6 Å². The molecule has 2 aromatic rings. The summed E-state index contributed by atoms with van der Waals surface area (Å²) in [6.45, 7) is 13.3. The van der Waals surface area contributed by atoms with Crippen LogP contribution in [0.4, 0.5) is 11.4 Å². The fourth-order valence-electron chi connectivity index (χ4n) is 4.57. The Morgan fingerprint density at radius 2 is 1.89 bits per heavy atom. The van der Waals surface area contributed by atoms with Gasteiger partial charge in [0.25, 0.3) is 0 Å². The maximum Gasteiger partial charge on any atom is 0.0720 e. The van der Waals surface area contributed by atoms with Crippen molar-refractivity contribution < 1.29 is 4.74 Å². The van der Waals surface area contributed by atoms with E-state index in [1.165, 1.54) is 22.4 Å². The largest absolute Gasteiger partial charge is 0.377 e. The Balaban J connectivity index is 1.68. The summed E-state index contributed by atoms with van der Waals surface area (Å²) in [7, 11) is 0. The predicted octanol–water partition coefficient (Wildman–Crippen LogP) is 4.66. The van der Waals surface area contributed by atoms with Gasteiger partial charge in [-0.25, -0.2) is 0 Å². The first-order chi connectivity index (χ1) is 13.5. The Hall–Kier alpha value is -1.59. The Morgan fingerprint density at radius 1 is 1.11 bits per heavy atom. The van der Waals surface area contributed by atoms with Gasteiger partial charge in [0.2, 0.25) is 0 Å². The van der Waals surface area contributed by atoms with E-state index in [9.17, 15) is 0 Å². The van der Waals surface area contributed by atoms with Gasteiger partial charge in [-0.2, -0.15) is 0 Å². The van der Waals surface area contributed by atoms with E-state index in [1.54, 1.807) is 0 Å². The lowest BCUT2D eigenvalue weighted by atomic mass is 9.72. The molecule has 2 aliphatic rings. The fraction of sp³-hybridized carbons (Fsp3) is 0.478. The van der Waals surface area contributed by atoms with E-state index in [4.69, 9.17) is 16.3 Å². The van der Waals surface area contributed by atoms with Gasteiger partial charge >= 0.3 is 0 Å². The molecule has 2 aliphatic heterocycles. The lowest BCUT2D eigenvalue weighted by Gasteiger charge is -2.38. The van der Waals surface area contributed by atoms with E-state index >= 15 is 0 Å². The van der Waals surface area contributed by atoms with Gasteiger partial charge in [0, 0.05) is 61.1 Å². The van der Waals surface area contributed by atoms with Gasteiger partial charge in [-0.05, 0) is 47.4 Å². The number of piperazine rings is 1. The molecule has 0 aromatic heterocycles. The Morgan fingerprint density at radius 3 is 2.64 bits per heavy atom. The van der Waals surface area contributed by atoms with Crippen molar-refractivity contribution in [1.82, 2.24) is 10.2 Å². The molecule has 150 valence electrons. The normalized spacial score (nSPS) is 18.3. The zero-order valence-corrected chi connectivity index (χ0v) is 17.8. The molecule has 28 heavy (non-hydrogen) atoms. The molecular formula is C23H30ClN3O. The summed E-state index contributed by atoms with van der Waals surface area (Å²) >= 11 is 6.43. The Bertz CT molecular complexity index is 859. The van der Waals surface area contributed by atoms with E-state index in [1.807, 2.05) is 19.1 Å². The zero-order chi connectivity index (χ0) is 19.7. The molecule has 2 aromatic carbocycles. The van der Waals surface area contributed by atoms with Crippen LogP contribution in [0.1, 0.15) is 43.0 Å². The van der Waals surface area contributed by atoms with Crippen molar-refractivity contribution in [3.05, 3.63) is 57.6 Å². The molecule has 2 N–H and O–H groups in total. The third-order valence-corrected chi connectivity index (χ3v) is 6.13. The molecule has 0 radical (unpaired) electrons. The van der Waals surface area contributed by atoms with Crippen LogP contribution in [0.2, 0.25) is 5.02 Å². The maximum absolute atomic E-state index is 6.43. The summed E-state index contributed by atoms with van der Waals surface area (Å²) in [5.41, 5.74) is 7.30. The van der Waals surface area contributed by atoms with E-state index in [0.29, 0.717) is 13.2 Å². The predicted molar refractivity (Wildman–Crippen MR) is 117 cm³/mol. The summed E-state index contributed by atoms with van der Waals surface area (Å²) in [6, 6.07) is 11.0. The summed E-state index contributed by atoms with van der Waals surface area (Å²) < 4.78 is 5.73. The number of anilines is 2. The average Bonchev–Trinajstić information content (AvgIpc) is 2.66. The second-order valence-corrected chi connectivity index (χ2v) is 8.72. The second-order valence-electron chi connectivity index (χ2n) is 8.28. The van der Waals surface area contributed by atoms with Gasteiger partial charge in [-0.1, -0.05) is 37.6 Å². The number of benzene rings is 2. The van der Waals surface area contributed by atoms with Crippen molar-refractivity contribution in [1.29, 1.82) is 0 Å². The van der Waals surface area contributed by atoms with Gasteiger partial charge < -0.3 is 15.4 Å². The summed E-state index contributed by atoms with van der Waals surface area (Å²) in [6.07, 6.45) is 0. The first-order valence-electron chi connectivity index (χ1n) is 10.2. The third kappa shape index (κ3) is 3.79. The molecule has 1 fully saturated rings. The van der Waals surface area contributed by atoms with E-state index in [2.05, 4.69) is 47.6 Å². The lowest BCUT2D eigenvalue weighted by Crippen LogP contribution is -2.42. The number of halogens is 1. The van der Waals surface area contributed by atoms with Crippen molar-refractivity contribution in [2.45, 2.75) is 39.3 Å². The van der Waals surface area contributed by atoms with E-state index in [-0.39, 0.29) is 5.41 Å². The SMILES string of the molecule is CCOCc1cc(Cl)cc2c1C(C)(C)c1ccc(CN3CCNCC3)cc1N2. The second kappa shape index (κ2) is 8.03. The standard InChI is InChI=1S/C23H30ClN3O/c1-4-28-15-17-12-18(24)13-21-22(17)23(2,3)19-6-5-16(11-20(19)26-21)14-27-9-7-25-8-10-27/h5-6,11-13,25-26H,4,7-10,14-15H2,1-3H3. The van der Waals surface area contributed by atoms with Gasteiger partial charge in [-0.15, -0.1) is 0 Å². The maximum atomic E-state index is 6.43. The molecule has 2 heterocycles. The number of fused-ring (bicyclic) bond motifs is 2. The van der Waals surface area contributed by atoms with Gasteiger partial charge in [0.1, 0.15) is 0 Å². The molecule has 5 heteroatoms. The van der Waals surface area contributed by atoms with Crippen LogP contribution in [0.3, 0.4) is 0 Å². The minimum absolute atomic E-state index is 0.111. The molecule has 0 spiro atoms. The van der Waals surface area contributed by atoms with Crippen molar-refractivity contribution in [3.63, 3.8) is 0 Å². The third-order valence-electron chi connectivity index (χ3n) is 5.91. The molecular weight excluding hydrogens is 370 g/mol. The summed E-state index contributed by atoms with van der Waals surface area (Å²) in [4.78, 5) is 2.51. The van der Waals surface area contributed by atoms with Crippen LogP contribution >= 0.6 is 11.6 Å². The van der Waals surface area contributed by atoms with Gasteiger partial charge in [0.15, 0.2) is 0 Å². The minimum atomic E-state index is -0.111. The smallest absolute Gasteiger partial charge is 0.0720 e. The number of hydrogen-bond acceptors (Lipinski definition) is 4. The topological polar surface area (TPSA) is 36.5 Å². The molecule has 4 rings (SSSR count). The van der Waals surface area contributed by atoms with Crippen molar-refractivity contribution in [2.75, 3.05) is 38.1 Å². The molecule has 0 atom stereocenters. The molecule has 1 saturated heterocycles. The van der Waals surface area contributed by atoms with Crippen LogP contribution in [0.25, 0.3) is 0 Å². The highest BCUT2D eigenvalue weighted by molar-refractivity contribution is 6.31. The van der Waals surface area contributed by atoms with E-state index in [0.717, 1.165) is 49.0 Å². The Kier molecular flexibility index (Phi) is 5.66. The average molecular weight is 400 g/mol. The highest BCUT2D eigenvalue weighted by Crippen LogP contribution is 2.48. The number of nitrogens with one attached hydrogen (secondary N) is 2. The van der Waals surface area contributed by atoms with Gasteiger partial charge in [-0.3, -0.25) is 4.90 Å². The molecule has 0 unspecified atom stereocenters. The van der Waals surface area contributed by atoms with Crippen LogP contribution in [0.5, 0.6) is 0 Å². The van der Waals surface area contributed by atoms with Crippen LogP contribution in [-0.2, 0) is 23.3 Å². The fourth-order valence-corrected chi connectivity index (χ4v) is 4.81. The summed E-state index contributed by atoms with van der Waals surface area (Å²) in [5.74, 6) is 0. The number of nitrogens with zero attached hydrogens (tertiary/aromatic N) is 1. The van der Waals surface area contributed by atoms with Crippen LogP contribution in [-0.4, -0.2) is 37.7 Å². The number of rotatable bonds is 5. The molecule has 0 saturated carbocycles. The van der Waals surface area contributed by atoms with Crippen LogP contribution in [0, 0.1) is 0 Å². The summed E-state index contributed by atoms with van der Waals surface area (Å²) in [5, 5.41) is 7.83. The first-order valence-corrected chi connectivity index (χ1v) is 10.6. The number of hydrogen-bond donors (Lipinski definition) is 2. The zero-order valence-electron chi connectivity index (χ0n) is 17.1. The minimum Gasteiger partial charge on any atom is -0.377 e. The van der Waals surface area contributed by atoms with Crippen molar-refractivity contribution in [3.8, 4) is 0 Å². The first kappa shape index (κ1) is 19.7. The molecule has 0 aliphatic carbocycles. The van der Waals surface area contributed by atoms with Crippen molar-refractivity contribution in [2.24, 2.45) is 0 Å². The van der Waals surface area contributed by atoms with Gasteiger partial charge in [0.05, 0.1) is 6.61 Å². The monoisotopic (exact) mass is 399 g/mol. The highest BCUT2D eigenvalue weighted by atomic mass is 35.5. The molecule has 0 amide bonds. The number of ether oxygens (including phenoxy) is 1. The quantitative estimate of drug-likeness (QED) is 0.766. The Labute approximate surface area is 173 Å². The van der Waals surface area contributed by atoms with E-state index < -0.39 is 0 Å². The van der Waals surface area contributed by atoms with Crippen LogP contribution in [0.15, 0.2) is 30.3 Å². The lowest BCUT2D eigenvalue weighted by molar-refractivity contribution is 0.133.